The minimum Gasteiger partial charge on any atom is -0.370 e. The Labute approximate surface area is 131 Å². The molecule has 1 heterocycles. The molecule has 3 rings (SSSR count). The molecule has 22 heavy (non-hydrogen) atoms. The van der Waals surface area contributed by atoms with Gasteiger partial charge in [0, 0.05) is 12.2 Å². The van der Waals surface area contributed by atoms with Crippen LogP contribution in [0.2, 0.25) is 0 Å². The van der Waals surface area contributed by atoms with Gasteiger partial charge in [0.1, 0.15) is 0 Å². The van der Waals surface area contributed by atoms with Crippen LogP contribution in [0.5, 0.6) is 0 Å². The third-order valence-electron chi connectivity index (χ3n) is 4.51. The van der Waals surface area contributed by atoms with Crippen LogP contribution in [0, 0.1) is 5.92 Å². The van der Waals surface area contributed by atoms with Crippen molar-refractivity contribution in [1.29, 1.82) is 0 Å². The van der Waals surface area contributed by atoms with Crippen LogP contribution in [0.3, 0.4) is 0 Å². The Kier molecular flexibility index (Phi) is 4.38. The number of rotatable bonds is 3. The number of nitrogens with two attached hydrogens (primary N) is 1. The molecule has 0 bridgehead atoms. The summed E-state index contributed by atoms with van der Waals surface area (Å²) in [7, 11) is -2.84. The van der Waals surface area contributed by atoms with Gasteiger partial charge in [0.25, 0.3) is 0 Å². The summed E-state index contributed by atoms with van der Waals surface area (Å²) in [6.45, 7) is 0.479. The van der Waals surface area contributed by atoms with Crippen LogP contribution in [0.25, 0.3) is 0 Å². The molecular formula is C16H23N3O2S. The Morgan fingerprint density at radius 3 is 2.91 bits per heavy atom. The van der Waals surface area contributed by atoms with Crippen LogP contribution in [0.1, 0.15) is 30.4 Å². The van der Waals surface area contributed by atoms with Gasteiger partial charge in [0.05, 0.1) is 11.5 Å². The van der Waals surface area contributed by atoms with Gasteiger partial charge in [-0.25, -0.2) is 8.42 Å². The molecule has 1 saturated heterocycles. The lowest BCUT2D eigenvalue weighted by atomic mass is 9.90. The molecule has 2 aliphatic rings. The first-order valence-electron chi connectivity index (χ1n) is 7.92. The van der Waals surface area contributed by atoms with Gasteiger partial charge < -0.3 is 11.1 Å². The summed E-state index contributed by atoms with van der Waals surface area (Å²) >= 11 is 0. The van der Waals surface area contributed by atoms with E-state index in [2.05, 4.69) is 16.4 Å². The highest BCUT2D eigenvalue weighted by Crippen LogP contribution is 2.27. The summed E-state index contributed by atoms with van der Waals surface area (Å²) in [4.78, 5) is 4.33. The zero-order chi connectivity index (χ0) is 15.6. The van der Waals surface area contributed by atoms with Crippen molar-refractivity contribution >= 4 is 21.5 Å². The van der Waals surface area contributed by atoms with E-state index in [0.29, 0.717) is 18.9 Å². The summed E-state index contributed by atoms with van der Waals surface area (Å²) in [5.41, 5.74) is 9.75. The van der Waals surface area contributed by atoms with Crippen LogP contribution >= 0.6 is 0 Å². The van der Waals surface area contributed by atoms with Gasteiger partial charge in [0.2, 0.25) is 0 Å². The van der Waals surface area contributed by atoms with E-state index in [1.54, 1.807) is 0 Å². The Morgan fingerprint density at radius 1 is 1.32 bits per heavy atom. The Balaban J connectivity index is 1.64. The molecule has 0 radical (unpaired) electrons. The Bertz CT molecular complexity index is 683. The number of nitrogens with one attached hydrogen (secondary N) is 1. The number of sulfone groups is 1. The molecule has 5 nitrogen and oxygen atoms in total. The lowest BCUT2D eigenvalue weighted by Crippen LogP contribution is -2.25. The average molecular weight is 321 g/mol. The Morgan fingerprint density at radius 2 is 2.14 bits per heavy atom. The lowest BCUT2D eigenvalue weighted by Gasteiger charge is -2.20. The van der Waals surface area contributed by atoms with Crippen LogP contribution in [0.15, 0.2) is 23.2 Å². The van der Waals surface area contributed by atoms with E-state index in [1.807, 2.05) is 12.1 Å². The molecule has 1 atom stereocenters. The molecule has 1 aromatic carbocycles. The summed E-state index contributed by atoms with van der Waals surface area (Å²) in [6.07, 6.45) is 5.35. The number of hydrogen-bond donors (Lipinski definition) is 2. The molecule has 3 N–H and O–H groups in total. The number of nitrogens with zero attached hydrogens (tertiary/aromatic N) is 1. The molecule has 1 aliphatic heterocycles. The highest BCUT2D eigenvalue weighted by molar-refractivity contribution is 7.91. The average Bonchev–Trinajstić information content (AvgIpc) is 2.85. The van der Waals surface area contributed by atoms with Gasteiger partial charge in [-0.15, -0.1) is 0 Å². The molecule has 1 aromatic rings. The van der Waals surface area contributed by atoms with E-state index >= 15 is 0 Å². The first-order chi connectivity index (χ1) is 10.5. The number of hydrogen-bond acceptors (Lipinski definition) is 3. The van der Waals surface area contributed by atoms with Crippen LogP contribution < -0.4 is 11.1 Å². The normalized spacial score (nSPS) is 24.0. The zero-order valence-electron chi connectivity index (χ0n) is 12.7. The third kappa shape index (κ3) is 3.61. The number of guanidine groups is 1. The smallest absolute Gasteiger partial charge is 0.193 e. The second-order valence-electron chi connectivity index (χ2n) is 6.27. The van der Waals surface area contributed by atoms with E-state index in [-0.39, 0.29) is 17.4 Å². The van der Waals surface area contributed by atoms with Crippen molar-refractivity contribution in [3.63, 3.8) is 0 Å². The first-order valence-corrected chi connectivity index (χ1v) is 9.74. The molecule has 1 fully saturated rings. The van der Waals surface area contributed by atoms with Gasteiger partial charge in [-0.1, -0.05) is 12.1 Å². The predicted molar refractivity (Wildman–Crippen MR) is 90.0 cm³/mol. The maximum Gasteiger partial charge on any atom is 0.193 e. The van der Waals surface area contributed by atoms with E-state index < -0.39 is 9.84 Å². The van der Waals surface area contributed by atoms with Crippen molar-refractivity contribution in [3.05, 3.63) is 29.3 Å². The molecule has 6 heteroatoms. The monoisotopic (exact) mass is 321 g/mol. The van der Waals surface area contributed by atoms with Gasteiger partial charge in [-0.3, -0.25) is 4.99 Å². The van der Waals surface area contributed by atoms with E-state index in [0.717, 1.165) is 18.5 Å². The fraction of sp³-hybridized carbons (Fsp3) is 0.562. The van der Waals surface area contributed by atoms with Crippen molar-refractivity contribution < 1.29 is 8.42 Å². The minimum absolute atomic E-state index is 0.107. The second kappa shape index (κ2) is 6.28. The minimum atomic E-state index is -2.84. The molecular weight excluding hydrogens is 298 g/mol. The fourth-order valence-corrected chi connectivity index (χ4v) is 5.17. The van der Waals surface area contributed by atoms with Crippen molar-refractivity contribution in [2.24, 2.45) is 16.6 Å². The first kappa shape index (κ1) is 15.3. The van der Waals surface area contributed by atoms with E-state index in [1.165, 1.54) is 24.0 Å². The fourth-order valence-electron chi connectivity index (χ4n) is 3.32. The topological polar surface area (TPSA) is 84.5 Å². The quantitative estimate of drug-likeness (QED) is 0.656. The van der Waals surface area contributed by atoms with Gasteiger partial charge in [-0.05, 0) is 55.2 Å². The van der Waals surface area contributed by atoms with E-state index in [4.69, 9.17) is 5.73 Å². The van der Waals surface area contributed by atoms with Gasteiger partial charge in [-0.2, -0.15) is 0 Å². The highest BCUT2D eigenvalue weighted by atomic mass is 32.2. The maximum absolute atomic E-state index is 11.4. The van der Waals surface area contributed by atoms with Crippen molar-refractivity contribution in [2.45, 2.75) is 32.1 Å². The largest absolute Gasteiger partial charge is 0.370 e. The molecule has 0 spiro atoms. The van der Waals surface area contributed by atoms with Crippen LogP contribution in [-0.4, -0.2) is 32.4 Å². The van der Waals surface area contributed by atoms with Crippen molar-refractivity contribution in [3.8, 4) is 0 Å². The number of fused-ring (bicyclic) bond motifs is 1. The predicted octanol–water partition coefficient (Wildman–Crippen LogP) is 1.73. The van der Waals surface area contributed by atoms with Gasteiger partial charge in [0.15, 0.2) is 15.8 Å². The summed E-state index contributed by atoms with van der Waals surface area (Å²) in [5.74, 6) is 1.01. The zero-order valence-corrected chi connectivity index (χ0v) is 13.5. The lowest BCUT2D eigenvalue weighted by molar-refractivity contribution is 0.591. The third-order valence-corrected chi connectivity index (χ3v) is 6.34. The molecule has 0 aromatic heterocycles. The molecule has 1 unspecified atom stereocenters. The SMILES string of the molecule is NC(=NCC1CCS(=O)(=O)C1)Nc1cccc2c1CCCC2. The number of anilines is 1. The Hall–Kier alpha value is -1.56. The van der Waals surface area contributed by atoms with Crippen molar-refractivity contribution in [1.82, 2.24) is 0 Å². The van der Waals surface area contributed by atoms with Crippen LogP contribution in [-0.2, 0) is 22.7 Å². The summed E-state index contributed by atoms with van der Waals surface area (Å²) < 4.78 is 22.9. The maximum atomic E-state index is 11.4. The molecule has 0 saturated carbocycles. The molecule has 1 aliphatic carbocycles. The second-order valence-corrected chi connectivity index (χ2v) is 8.50. The highest BCUT2D eigenvalue weighted by Gasteiger charge is 2.27. The number of aliphatic imine (C=N–C) groups is 1. The summed E-state index contributed by atoms with van der Waals surface area (Å²) in [6, 6.07) is 6.26. The van der Waals surface area contributed by atoms with E-state index in [9.17, 15) is 8.42 Å². The standard InChI is InChI=1S/C16H23N3O2S/c17-16(18-10-12-8-9-22(20,21)11-12)19-15-7-3-5-13-4-1-2-6-14(13)15/h3,5,7,12H,1-2,4,6,8-11H2,(H3,17,18,19). The summed E-state index contributed by atoms with van der Waals surface area (Å²) in [5, 5.41) is 3.19. The van der Waals surface area contributed by atoms with Gasteiger partial charge >= 0.3 is 0 Å². The molecule has 120 valence electrons. The number of benzene rings is 1. The molecule has 0 amide bonds. The number of aryl methyl sites for hydroxylation is 1. The van der Waals surface area contributed by atoms with Crippen LogP contribution in [0.4, 0.5) is 5.69 Å². The van der Waals surface area contributed by atoms with Crippen molar-refractivity contribution in [2.75, 3.05) is 23.4 Å².